The Bertz CT molecular complexity index is 303. The molecule has 2 N–H and O–H groups in total. The van der Waals surface area contributed by atoms with Crippen molar-refractivity contribution in [1.82, 2.24) is 9.78 Å². The van der Waals surface area contributed by atoms with Crippen molar-refractivity contribution < 1.29 is 10.2 Å². The lowest BCUT2D eigenvalue weighted by Gasteiger charge is -2.33. The van der Waals surface area contributed by atoms with E-state index in [1.165, 1.54) is 0 Å². The van der Waals surface area contributed by atoms with Crippen molar-refractivity contribution in [2.24, 2.45) is 18.4 Å². The number of hydrogen-bond donors (Lipinski definition) is 2. The highest BCUT2D eigenvalue weighted by atomic mass is 16.3. The molecule has 1 rings (SSSR count). The Kier molecular flexibility index (Phi) is 3.88. The third kappa shape index (κ3) is 2.58. The minimum Gasteiger partial charge on any atom is -0.396 e. The van der Waals surface area contributed by atoms with Crippen LogP contribution in [-0.2, 0) is 13.5 Å². The van der Waals surface area contributed by atoms with E-state index in [2.05, 4.69) is 5.10 Å². The first-order valence-electron chi connectivity index (χ1n) is 5.24. The zero-order valence-electron chi connectivity index (χ0n) is 9.64. The summed E-state index contributed by atoms with van der Waals surface area (Å²) in [6.07, 6.45) is 2.48. The van der Waals surface area contributed by atoms with Crippen molar-refractivity contribution in [2.75, 3.05) is 13.2 Å². The summed E-state index contributed by atoms with van der Waals surface area (Å²) in [5, 5.41) is 23.1. The topological polar surface area (TPSA) is 58.3 Å². The molecule has 1 heterocycles. The fourth-order valence-electron chi connectivity index (χ4n) is 1.65. The van der Waals surface area contributed by atoms with Gasteiger partial charge in [-0.3, -0.25) is 4.68 Å². The fraction of sp³-hybridized carbons (Fsp3) is 0.727. The Labute approximate surface area is 90.5 Å². The third-order valence-corrected chi connectivity index (χ3v) is 3.16. The van der Waals surface area contributed by atoms with Crippen molar-refractivity contribution in [1.29, 1.82) is 0 Å². The van der Waals surface area contributed by atoms with Crippen LogP contribution in [0.25, 0.3) is 0 Å². The van der Waals surface area contributed by atoms with Gasteiger partial charge in [0.1, 0.15) is 0 Å². The maximum absolute atomic E-state index is 9.42. The van der Waals surface area contributed by atoms with E-state index in [1.807, 2.05) is 33.2 Å². The lowest BCUT2D eigenvalue weighted by Crippen LogP contribution is -2.37. The molecule has 1 aromatic heterocycles. The van der Waals surface area contributed by atoms with Gasteiger partial charge in [0.05, 0.1) is 18.9 Å². The Hall–Kier alpha value is -0.870. The first kappa shape index (κ1) is 12.2. The van der Waals surface area contributed by atoms with Crippen LogP contribution in [0.2, 0.25) is 0 Å². The molecule has 15 heavy (non-hydrogen) atoms. The first-order valence-corrected chi connectivity index (χ1v) is 5.24. The van der Waals surface area contributed by atoms with Gasteiger partial charge in [-0.25, -0.2) is 0 Å². The van der Waals surface area contributed by atoms with Gasteiger partial charge in [-0.05, 0) is 12.0 Å². The van der Waals surface area contributed by atoms with Crippen LogP contribution in [0.5, 0.6) is 0 Å². The summed E-state index contributed by atoms with van der Waals surface area (Å²) in [6, 6.07) is 1.92. The number of aromatic nitrogens is 2. The molecule has 0 unspecified atom stereocenters. The summed E-state index contributed by atoms with van der Waals surface area (Å²) in [7, 11) is 1.86. The van der Waals surface area contributed by atoms with Gasteiger partial charge in [0.25, 0.3) is 0 Å². The molecule has 1 aromatic rings. The second kappa shape index (κ2) is 4.77. The quantitative estimate of drug-likeness (QED) is 0.751. The minimum absolute atomic E-state index is 0.0161. The molecule has 4 heteroatoms. The SMILES string of the molecule is CC(C)C(CO)(CO)Cc1ccn(C)n1. The molecule has 0 atom stereocenters. The van der Waals surface area contributed by atoms with E-state index in [0.29, 0.717) is 6.42 Å². The van der Waals surface area contributed by atoms with Crippen molar-refractivity contribution >= 4 is 0 Å². The molecule has 0 amide bonds. The maximum atomic E-state index is 9.42. The molecule has 0 aliphatic heterocycles. The van der Waals surface area contributed by atoms with Crippen LogP contribution in [-0.4, -0.2) is 33.2 Å². The van der Waals surface area contributed by atoms with Gasteiger partial charge >= 0.3 is 0 Å². The zero-order valence-corrected chi connectivity index (χ0v) is 9.64. The smallest absolute Gasteiger partial charge is 0.0631 e. The average Bonchev–Trinajstić information content (AvgIpc) is 2.60. The Morgan fingerprint density at radius 2 is 2.00 bits per heavy atom. The number of aryl methyl sites for hydroxylation is 1. The number of hydrogen-bond acceptors (Lipinski definition) is 3. The van der Waals surface area contributed by atoms with Crippen LogP contribution in [0, 0.1) is 11.3 Å². The predicted octanol–water partition coefficient (Wildman–Crippen LogP) is 0.590. The molecule has 0 fully saturated rings. The van der Waals surface area contributed by atoms with E-state index < -0.39 is 5.41 Å². The standard InChI is InChI=1S/C11H20N2O2/c1-9(2)11(7-14,8-15)6-10-4-5-13(3)12-10/h4-5,9,14-15H,6-8H2,1-3H3. The summed E-state index contributed by atoms with van der Waals surface area (Å²) in [5.41, 5.74) is 0.447. The Morgan fingerprint density at radius 3 is 2.33 bits per heavy atom. The van der Waals surface area contributed by atoms with Crippen LogP contribution < -0.4 is 0 Å². The summed E-state index contributed by atoms with van der Waals surface area (Å²) < 4.78 is 1.73. The molecule has 0 bridgehead atoms. The molecule has 0 saturated carbocycles. The minimum atomic E-state index is -0.464. The maximum Gasteiger partial charge on any atom is 0.0631 e. The zero-order chi connectivity index (χ0) is 11.5. The summed E-state index contributed by atoms with van der Waals surface area (Å²) in [4.78, 5) is 0. The van der Waals surface area contributed by atoms with Crippen molar-refractivity contribution in [2.45, 2.75) is 20.3 Å². The van der Waals surface area contributed by atoms with Gasteiger partial charge in [0, 0.05) is 25.1 Å². The number of aliphatic hydroxyl groups is 2. The van der Waals surface area contributed by atoms with Crippen LogP contribution in [0.3, 0.4) is 0 Å². The summed E-state index contributed by atoms with van der Waals surface area (Å²) in [6.45, 7) is 3.99. The van der Waals surface area contributed by atoms with Crippen molar-refractivity contribution in [3.63, 3.8) is 0 Å². The van der Waals surface area contributed by atoms with Crippen LogP contribution in [0.15, 0.2) is 12.3 Å². The lowest BCUT2D eigenvalue weighted by atomic mass is 9.75. The molecule has 4 nitrogen and oxygen atoms in total. The number of aliphatic hydroxyl groups excluding tert-OH is 2. The number of nitrogens with zero attached hydrogens (tertiary/aromatic N) is 2. The third-order valence-electron chi connectivity index (χ3n) is 3.16. The van der Waals surface area contributed by atoms with E-state index in [0.717, 1.165) is 5.69 Å². The molecule has 0 aliphatic carbocycles. The van der Waals surface area contributed by atoms with Gasteiger partial charge in [0.2, 0.25) is 0 Å². The monoisotopic (exact) mass is 212 g/mol. The van der Waals surface area contributed by atoms with E-state index in [-0.39, 0.29) is 19.1 Å². The van der Waals surface area contributed by atoms with Gasteiger partial charge in [-0.15, -0.1) is 0 Å². The highest BCUT2D eigenvalue weighted by Crippen LogP contribution is 2.30. The van der Waals surface area contributed by atoms with Gasteiger partial charge < -0.3 is 10.2 Å². The van der Waals surface area contributed by atoms with Gasteiger partial charge in [-0.2, -0.15) is 5.10 Å². The van der Waals surface area contributed by atoms with E-state index >= 15 is 0 Å². The highest BCUT2D eigenvalue weighted by molar-refractivity contribution is 5.04. The molecule has 0 saturated heterocycles. The normalized spacial score (nSPS) is 12.4. The second-order valence-electron chi connectivity index (χ2n) is 4.49. The fourth-order valence-corrected chi connectivity index (χ4v) is 1.65. The van der Waals surface area contributed by atoms with Gasteiger partial charge in [0.15, 0.2) is 0 Å². The first-order chi connectivity index (χ1) is 7.04. The van der Waals surface area contributed by atoms with E-state index in [9.17, 15) is 10.2 Å². The predicted molar refractivity (Wildman–Crippen MR) is 58.4 cm³/mol. The molecule has 0 aliphatic rings. The Balaban J connectivity index is 2.83. The van der Waals surface area contributed by atoms with Crippen LogP contribution in [0.1, 0.15) is 19.5 Å². The van der Waals surface area contributed by atoms with Crippen molar-refractivity contribution in [3.05, 3.63) is 18.0 Å². The molecule has 0 aromatic carbocycles. The van der Waals surface area contributed by atoms with E-state index in [1.54, 1.807) is 4.68 Å². The van der Waals surface area contributed by atoms with Gasteiger partial charge in [-0.1, -0.05) is 13.8 Å². The van der Waals surface area contributed by atoms with E-state index in [4.69, 9.17) is 0 Å². The number of rotatable bonds is 5. The molecular weight excluding hydrogens is 192 g/mol. The highest BCUT2D eigenvalue weighted by Gasteiger charge is 2.33. The van der Waals surface area contributed by atoms with Crippen LogP contribution in [0.4, 0.5) is 0 Å². The molecule has 86 valence electrons. The largest absolute Gasteiger partial charge is 0.396 e. The lowest BCUT2D eigenvalue weighted by molar-refractivity contribution is 0.0155. The molecular formula is C11H20N2O2. The van der Waals surface area contributed by atoms with Crippen LogP contribution >= 0.6 is 0 Å². The Morgan fingerprint density at radius 1 is 1.40 bits per heavy atom. The molecule has 0 radical (unpaired) electrons. The molecule has 0 spiro atoms. The second-order valence-corrected chi connectivity index (χ2v) is 4.49. The summed E-state index contributed by atoms with van der Waals surface area (Å²) >= 11 is 0. The summed E-state index contributed by atoms with van der Waals surface area (Å²) in [5.74, 6) is 0.217. The van der Waals surface area contributed by atoms with Crippen molar-refractivity contribution in [3.8, 4) is 0 Å². The average molecular weight is 212 g/mol.